The van der Waals surface area contributed by atoms with Gasteiger partial charge in [-0.2, -0.15) is 0 Å². The molecular formula is C13H21FN2. The molecule has 90 valence electrons. The average Bonchev–Trinajstić information content (AvgIpc) is 2.29. The van der Waals surface area contributed by atoms with E-state index >= 15 is 0 Å². The summed E-state index contributed by atoms with van der Waals surface area (Å²) in [6.45, 7) is 10.0. The fraction of sp³-hybridized carbons (Fsp3) is 0.538. The number of nitrogens with zero attached hydrogens (tertiary/aromatic N) is 1. The third-order valence-electron chi connectivity index (χ3n) is 2.82. The molecule has 1 aromatic rings. The van der Waals surface area contributed by atoms with E-state index in [1.165, 1.54) is 0 Å². The molecule has 0 atom stereocenters. The summed E-state index contributed by atoms with van der Waals surface area (Å²) in [7, 11) is 0. The van der Waals surface area contributed by atoms with Crippen molar-refractivity contribution < 1.29 is 4.39 Å². The van der Waals surface area contributed by atoms with Crippen molar-refractivity contribution in [2.45, 2.75) is 20.8 Å². The van der Waals surface area contributed by atoms with Crippen molar-refractivity contribution in [1.82, 2.24) is 4.90 Å². The summed E-state index contributed by atoms with van der Waals surface area (Å²) in [5, 5.41) is 3.23. The van der Waals surface area contributed by atoms with Gasteiger partial charge >= 0.3 is 0 Å². The molecule has 0 saturated heterocycles. The van der Waals surface area contributed by atoms with Crippen LogP contribution in [0.15, 0.2) is 18.2 Å². The van der Waals surface area contributed by atoms with Crippen LogP contribution in [0.2, 0.25) is 0 Å². The minimum Gasteiger partial charge on any atom is -0.384 e. The fourth-order valence-corrected chi connectivity index (χ4v) is 1.60. The van der Waals surface area contributed by atoms with Gasteiger partial charge in [0.15, 0.2) is 0 Å². The van der Waals surface area contributed by atoms with Gasteiger partial charge in [-0.3, -0.25) is 0 Å². The maximum atomic E-state index is 13.2. The predicted octanol–water partition coefficient (Wildman–Crippen LogP) is 2.89. The lowest BCUT2D eigenvalue weighted by Gasteiger charge is -2.18. The Hall–Kier alpha value is -1.09. The number of hydrogen-bond donors (Lipinski definition) is 1. The number of benzene rings is 1. The molecule has 0 saturated carbocycles. The molecule has 0 unspecified atom stereocenters. The maximum absolute atomic E-state index is 13.2. The van der Waals surface area contributed by atoms with Gasteiger partial charge in [-0.15, -0.1) is 0 Å². The van der Waals surface area contributed by atoms with Gasteiger partial charge in [0.1, 0.15) is 5.82 Å². The summed E-state index contributed by atoms with van der Waals surface area (Å²) in [6.07, 6.45) is 0. The summed E-state index contributed by atoms with van der Waals surface area (Å²) < 4.78 is 13.2. The van der Waals surface area contributed by atoms with Crippen LogP contribution in [0.25, 0.3) is 0 Å². The second-order valence-corrected chi connectivity index (χ2v) is 3.92. The second kappa shape index (κ2) is 6.48. The largest absolute Gasteiger partial charge is 0.384 e. The normalized spacial score (nSPS) is 10.8. The molecule has 0 radical (unpaired) electrons. The minimum atomic E-state index is -0.146. The summed E-state index contributed by atoms with van der Waals surface area (Å²) in [5.41, 5.74) is 1.55. The van der Waals surface area contributed by atoms with E-state index in [-0.39, 0.29) is 5.82 Å². The van der Waals surface area contributed by atoms with Crippen molar-refractivity contribution in [3.63, 3.8) is 0 Å². The smallest absolute Gasteiger partial charge is 0.128 e. The highest BCUT2D eigenvalue weighted by Crippen LogP contribution is 2.13. The molecule has 1 aromatic carbocycles. The molecule has 2 nitrogen and oxygen atoms in total. The third-order valence-corrected chi connectivity index (χ3v) is 2.82. The highest BCUT2D eigenvalue weighted by molar-refractivity contribution is 5.45. The van der Waals surface area contributed by atoms with Gasteiger partial charge in [0, 0.05) is 18.8 Å². The first-order chi connectivity index (χ1) is 7.67. The van der Waals surface area contributed by atoms with Crippen LogP contribution in [-0.2, 0) is 0 Å². The molecule has 0 fully saturated rings. The van der Waals surface area contributed by atoms with Gasteiger partial charge in [0.2, 0.25) is 0 Å². The monoisotopic (exact) mass is 224 g/mol. The molecule has 3 heteroatoms. The van der Waals surface area contributed by atoms with Gasteiger partial charge in [-0.25, -0.2) is 4.39 Å². The summed E-state index contributed by atoms with van der Waals surface area (Å²) in [6, 6.07) is 5.27. The number of likely N-dealkylation sites (N-methyl/N-ethyl adjacent to an activating group) is 1. The Bertz CT molecular complexity index is 322. The van der Waals surface area contributed by atoms with Crippen LogP contribution in [0.3, 0.4) is 0 Å². The van der Waals surface area contributed by atoms with E-state index in [0.29, 0.717) is 5.56 Å². The number of halogens is 1. The zero-order valence-corrected chi connectivity index (χ0v) is 10.4. The summed E-state index contributed by atoms with van der Waals surface area (Å²) in [4.78, 5) is 2.33. The van der Waals surface area contributed by atoms with Crippen molar-refractivity contribution in [3.8, 4) is 0 Å². The van der Waals surface area contributed by atoms with Crippen LogP contribution in [0.4, 0.5) is 10.1 Å². The first-order valence-corrected chi connectivity index (χ1v) is 5.89. The van der Waals surface area contributed by atoms with Crippen molar-refractivity contribution in [2.24, 2.45) is 0 Å². The molecule has 0 aliphatic rings. The highest BCUT2D eigenvalue weighted by Gasteiger charge is 2.00. The quantitative estimate of drug-likeness (QED) is 0.799. The molecule has 0 bridgehead atoms. The van der Waals surface area contributed by atoms with Crippen LogP contribution in [0, 0.1) is 12.7 Å². The zero-order chi connectivity index (χ0) is 12.0. The van der Waals surface area contributed by atoms with Crippen molar-refractivity contribution in [3.05, 3.63) is 29.6 Å². The van der Waals surface area contributed by atoms with Crippen molar-refractivity contribution in [1.29, 1.82) is 0 Å². The summed E-state index contributed by atoms with van der Waals surface area (Å²) in [5.74, 6) is -0.146. The van der Waals surface area contributed by atoms with Gasteiger partial charge in [-0.05, 0) is 37.7 Å². The fourth-order valence-electron chi connectivity index (χ4n) is 1.60. The standard InChI is InChI=1S/C13H21FN2/c1-4-16(5-2)9-8-15-12-7-6-11(3)13(14)10-12/h6-7,10,15H,4-5,8-9H2,1-3H3. The molecule has 0 aromatic heterocycles. The molecular weight excluding hydrogens is 203 g/mol. The SMILES string of the molecule is CCN(CC)CCNc1ccc(C)c(F)c1. The molecule has 0 amide bonds. The number of rotatable bonds is 6. The van der Waals surface area contributed by atoms with Crippen molar-refractivity contribution in [2.75, 3.05) is 31.5 Å². The van der Waals surface area contributed by atoms with Crippen molar-refractivity contribution >= 4 is 5.69 Å². The number of hydrogen-bond acceptors (Lipinski definition) is 2. The lowest BCUT2D eigenvalue weighted by Crippen LogP contribution is -2.28. The Morgan fingerprint density at radius 3 is 2.50 bits per heavy atom. The van der Waals surface area contributed by atoms with Crippen LogP contribution >= 0.6 is 0 Å². The van der Waals surface area contributed by atoms with Crippen LogP contribution in [0.1, 0.15) is 19.4 Å². The Morgan fingerprint density at radius 2 is 1.94 bits per heavy atom. The zero-order valence-electron chi connectivity index (χ0n) is 10.4. The van der Waals surface area contributed by atoms with Gasteiger partial charge < -0.3 is 10.2 Å². The first kappa shape index (κ1) is 13.0. The Kier molecular flexibility index (Phi) is 5.26. The lowest BCUT2D eigenvalue weighted by atomic mass is 10.2. The molecule has 1 N–H and O–H groups in total. The molecule has 16 heavy (non-hydrogen) atoms. The van der Waals surface area contributed by atoms with Crippen LogP contribution in [0.5, 0.6) is 0 Å². The highest BCUT2D eigenvalue weighted by atomic mass is 19.1. The minimum absolute atomic E-state index is 0.146. The van der Waals surface area contributed by atoms with Gasteiger partial charge in [0.25, 0.3) is 0 Å². The van der Waals surface area contributed by atoms with Gasteiger partial charge in [-0.1, -0.05) is 19.9 Å². The van der Waals surface area contributed by atoms with E-state index in [0.717, 1.165) is 31.9 Å². The Morgan fingerprint density at radius 1 is 1.25 bits per heavy atom. The molecule has 0 aliphatic heterocycles. The van der Waals surface area contributed by atoms with E-state index in [1.54, 1.807) is 19.1 Å². The Labute approximate surface area is 97.5 Å². The second-order valence-electron chi connectivity index (χ2n) is 3.92. The van der Waals surface area contributed by atoms with E-state index in [1.807, 2.05) is 6.07 Å². The van der Waals surface area contributed by atoms with Gasteiger partial charge in [0.05, 0.1) is 0 Å². The average molecular weight is 224 g/mol. The van der Waals surface area contributed by atoms with E-state index < -0.39 is 0 Å². The first-order valence-electron chi connectivity index (χ1n) is 5.89. The third kappa shape index (κ3) is 3.81. The molecule has 0 spiro atoms. The molecule has 0 heterocycles. The number of aryl methyl sites for hydroxylation is 1. The van der Waals surface area contributed by atoms with E-state index in [2.05, 4.69) is 24.1 Å². The van der Waals surface area contributed by atoms with E-state index in [9.17, 15) is 4.39 Å². The van der Waals surface area contributed by atoms with Crippen LogP contribution < -0.4 is 5.32 Å². The number of nitrogens with one attached hydrogen (secondary N) is 1. The van der Waals surface area contributed by atoms with E-state index in [4.69, 9.17) is 0 Å². The molecule has 1 rings (SSSR count). The van der Waals surface area contributed by atoms with Crippen LogP contribution in [-0.4, -0.2) is 31.1 Å². The topological polar surface area (TPSA) is 15.3 Å². The Balaban J connectivity index is 2.40. The maximum Gasteiger partial charge on any atom is 0.128 e. The predicted molar refractivity (Wildman–Crippen MR) is 67.4 cm³/mol. The lowest BCUT2D eigenvalue weighted by molar-refractivity contribution is 0.316. The molecule has 0 aliphatic carbocycles. The number of anilines is 1. The summed E-state index contributed by atoms with van der Waals surface area (Å²) >= 11 is 0.